The maximum atomic E-state index is 6.20. The lowest BCUT2D eigenvalue weighted by molar-refractivity contribution is 0.00578. The Morgan fingerprint density at radius 2 is 1.88 bits per heavy atom. The number of rotatable bonds is 2. The van der Waals surface area contributed by atoms with Crippen LogP contribution in [0.25, 0.3) is 10.9 Å². The zero-order valence-corrected chi connectivity index (χ0v) is 15.6. The number of hydrogen-bond acceptors (Lipinski definition) is 4. The van der Waals surface area contributed by atoms with Crippen LogP contribution in [0.5, 0.6) is 0 Å². The topological polar surface area (TPSA) is 45.5 Å². The molecule has 3 heterocycles. The molecule has 2 aliphatic heterocycles. The second-order valence-corrected chi connectivity index (χ2v) is 7.99. The third-order valence-electron chi connectivity index (χ3n) is 5.58. The minimum atomic E-state index is -0.319. The van der Waals surface area contributed by atoms with Crippen molar-refractivity contribution >= 4 is 18.0 Å². The minimum absolute atomic E-state index is 0.0765. The van der Waals surface area contributed by atoms with Crippen molar-refractivity contribution in [2.75, 3.05) is 6.61 Å². The van der Waals surface area contributed by atoms with Gasteiger partial charge in [-0.15, -0.1) is 0 Å². The van der Waals surface area contributed by atoms with Crippen LogP contribution in [0.2, 0.25) is 0 Å². The molecular weight excluding hydrogens is 315 g/mol. The number of fused-ring (bicyclic) bond motifs is 1. The first-order chi connectivity index (χ1) is 11.7. The van der Waals surface area contributed by atoms with E-state index in [0.29, 0.717) is 6.61 Å². The fourth-order valence-corrected chi connectivity index (χ4v) is 3.36. The van der Waals surface area contributed by atoms with Crippen LogP contribution >= 0.6 is 0 Å². The third kappa shape index (κ3) is 2.92. The summed E-state index contributed by atoms with van der Waals surface area (Å²) in [6, 6.07) is 6.28. The minimum Gasteiger partial charge on any atom is -0.400 e. The molecule has 1 atom stereocenters. The van der Waals surface area contributed by atoms with E-state index >= 15 is 0 Å². The maximum absolute atomic E-state index is 6.20. The van der Waals surface area contributed by atoms with Crippen molar-refractivity contribution < 1.29 is 14.0 Å². The van der Waals surface area contributed by atoms with Crippen molar-refractivity contribution in [2.45, 2.75) is 51.4 Å². The van der Waals surface area contributed by atoms with Crippen LogP contribution in [0, 0.1) is 0 Å². The van der Waals surface area contributed by atoms with Crippen molar-refractivity contribution in [3.8, 4) is 0 Å². The summed E-state index contributed by atoms with van der Waals surface area (Å²) >= 11 is 0. The second kappa shape index (κ2) is 5.69. The predicted molar refractivity (Wildman–Crippen MR) is 98.2 cm³/mol. The fourth-order valence-electron chi connectivity index (χ4n) is 3.36. The van der Waals surface area contributed by atoms with Gasteiger partial charge in [-0.2, -0.15) is 5.10 Å². The first-order valence-electron chi connectivity index (χ1n) is 8.86. The molecule has 0 saturated carbocycles. The number of hydrogen-bond donors (Lipinski definition) is 0. The highest BCUT2D eigenvalue weighted by Crippen LogP contribution is 2.40. The van der Waals surface area contributed by atoms with Crippen LogP contribution in [0.15, 0.2) is 35.9 Å². The summed E-state index contributed by atoms with van der Waals surface area (Å²) < 4.78 is 20.2. The van der Waals surface area contributed by atoms with Gasteiger partial charge in [0.1, 0.15) is 6.10 Å². The molecule has 2 aliphatic rings. The number of benzene rings is 1. The fraction of sp³-hybridized carbons (Fsp3) is 0.526. The Morgan fingerprint density at radius 1 is 1.16 bits per heavy atom. The lowest BCUT2D eigenvalue weighted by Crippen LogP contribution is -2.41. The van der Waals surface area contributed by atoms with E-state index in [2.05, 4.69) is 51.0 Å². The average molecular weight is 340 g/mol. The molecule has 0 N–H and O–H groups in total. The van der Waals surface area contributed by atoms with Crippen LogP contribution in [0.1, 0.15) is 45.8 Å². The summed E-state index contributed by atoms with van der Waals surface area (Å²) in [6.45, 7) is 9.01. The van der Waals surface area contributed by atoms with Gasteiger partial charge in [-0.05, 0) is 57.3 Å². The molecular formula is C19H25BN2O3. The van der Waals surface area contributed by atoms with Crippen LogP contribution in [0.3, 0.4) is 0 Å². The van der Waals surface area contributed by atoms with Gasteiger partial charge in [0.25, 0.3) is 0 Å². The van der Waals surface area contributed by atoms with E-state index in [1.54, 1.807) is 0 Å². The lowest BCUT2D eigenvalue weighted by Gasteiger charge is -2.32. The van der Waals surface area contributed by atoms with Crippen LogP contribution in [-0.4, -0.2) is 34.7 Å². The van der Waals surface area contributed by atoms with Crippen LogP contribution in [-0.2, 0) is 21.1 Å². The Balaban J connectivity index is 1.62. The smallest absolute Gasteiger partial charge is 0.400 e. The van der Waals surface area contributed by atoms with E-state index in [1.165, 1.54) is 5.47 Å². The molecule has 25 heavy (non-hydrogen) atoms. The predicted octanol–water partition coefficient (Wildman–Crippen LogP) is 3.59. The zero-order chi connectivity index (χ0) is 17.8. The van der Waals surface area contributed by atoms with E-state index in [4.69, 9.17) is 14.0 Å². The number of aryl methyl sites for hydroxylation is 1. The van der Waals surface area contributed by atoms with Gasteiger partial charge in [0.05, 0.1) is 23.3 Å². The van der Waals surface area contributed by atoms with Gasteiger partial charge >= 0.3 is 7.12 Å². The largest absolute Gasteiger partial charge is 0.490 e. The molecule has 1 unspecified atom stereocenters. The maximum Gasteiger partial charge on any atom is 0.490 e. The number of aromatic nitrogens is 2. The molecule has 0 radical (unpaired) electrons. The van der Waals surface area contributed by atoms with E-state index in [0.717, 1.165) is 22.9 Å². The van der Waals surface area contributed by atoms with Crippen molar-refractivity contribution in [3.63, 3.8) is 0 Å². The summed E-state index contributed by atoms with van der Waals surface area (Å²) in [5.41, 5.74) is 2.66. The Kier molecular flexibility index (Phi) is 3.83. The molecule has 2 aromatic rings. The molecule has 4 rings (SSSR count). The highest BCUT2D eigenvalue weighted by molar-refractivity contribution is 6.54. The summed E-state index contributed by atoms with van der Waals surface area (Å²) in [5.74, 6) is 0. The van der Waals surface area contributed by atoms with E-state index in [1.807, 2.05) is 24.0 Å². The van der Waals surface area contributed by atoms with Crippen molar-refractivity contribution in [3.05, 3.63) is 41.5 Å². The van der Waals surface area contributed by atoms with Crippen molar-refractivity contribution in [2.24, 2.45) is 7.05 Å². The molecule has 132 valence electrons. The van der Waals surface area contributed by atoms with Gasteiger partial charge in [-0.25, -0.2) is 0 Å². The standard InChI is InChI=1S/C19H25BN2O3/c1-18(2)19(3,4)25-20(24-18)15-8-9-23-17(11-15)13-6-7-16-14(10-13)12-22(5)21-16/h6-7,10-12,17H,8-9H2,1-5H3. The Bertz CT molecular complexity index is 824. The quantitative estimate of drug-likeness (QED) is 0.784. The Hall–Kier alpha value is -1.63. The van der Waals surface area contributed by atoms with Gasteiger partial charge in [-0.3, -0.25) is 4.68 Å². The lowest BCUT2D eigenvalue weighted by atomic mass is 9.74. The molecule has 1 saturated heterocycles. The van der Waals surface area contributed by atoms with Gasteiger partial charge < -0.3 is 14.0 Å². The molecule has 0 spiro atoms. The molecule has 0 aliphatic carbocycles. The average Bonchev–Trinajstić information content (AvgIpc) is 3.02. The third-order valence-corrected chi connectivity index (χ3v) is 5.58. The van der Waals surface area contributed by atoms with Gasteiger partial charge in [-0.1, -0.05) is 12.1 Å². The number of ether oxygens (including phenoxy) is 1. The molecule has 0 bridgehead atoms. The van der Waals surface area contributed by atoms with Gasteiger partial charge in [0, 0.05) is 18.6 Å². The summed E-state index contributed by atoms with van der Waals surface area (Å²) in [7, 11) is 1.64. The number of nitrogens with zero attached hydrogens (tertiary/aromatic N) is 2. The van der Waals surface area contributed by atoms with Gasteiger partial charge in [0.2, 0.25) is 0 Å². The van der Waals surface area contributed by atoms with Crippen molar-refractivity contribution in [1.29, 1.82) is 0 Å². The van der Waals surface area contributed by atoms with E-state index < -0.39 is 0 Å². The normalized spacial score (nSPS) is 25.4. The van der Waals surface area contributed by atoms with Crippen LogP contribution < -0.4 is 0 Å². The monoisotopic (exact) mass is 340 g/mol. The zero-order valence-electron chi connectivity index (χ0n) is 15.6. The summed E-state index contributed by atoms with van der Waals surface area (Å²) in [6.07, 6.45) is 4.94. The van der Waals surface area contributed by atoms with Crippen LogP contribution in [0.4, 0.5) is 0 Å². The van der Waals surface area contributed by atoms with Gasteiger partial charge in [0.15, 0.2) is 0 Å². The first kappa shape index (κ1) is 16.8. The second-order valence-electron chi connectivity index (χ2n) is 7.99. The summed E-state index contributed by atoms with van der Waals surface area (Å²) in [5, 5.41) is 5.55. The molecule has 1 aromatic heterocycles. The molecule has 1 fully saturated rings. The summed E-state index contributed by atoms with van der Waals surface area (Å²) in [4.78, 5) is 0. The first-order valence-corrected chi connectivity index (χ1v) is 8.86. The van der Waals surface area contributed by atoms with E-state index in [-0.39, 0.29) is 24.4 Å². The Morgan fingerprint density at radius 3 is 2.60 bits per heavy atom. The van der Waals surface area contributed by atoms with E-state index in [9.17, 15) is 0 Å². The van der Waals surface area contributed by atoms with Crippen molar-refractivity contribution in [1.82, 2.24) is 9.78 Å². The molecule has 5 nitrogen and oxygen atoms in total. The highest BCUT2D eigenvalue weighted by atomic mass is 16.7. The highest BCUT2D eigenvalue weighted by Gasteiger charge is 2.52. The molecule has 0 amide bonds. The molecule has 1 aromatic carbocycles. The SMILES string of the molecule is Cn1cc2cc(C3C=C(B4OC(C)(C)C(C)(C)O4)CCO3)ccc2n1. The molecule has 6 heteroatoms. The Labute approximate surface area is 149 Å².